The maximum atomic E-state index is 12.9. The maximum Gasteiger partial charge on any atom is 0.276 e. The largest absolute Gasteiger partial charge is 0.336 e. The summed E-state index contributed by atoms with van der Waals surface area (Å²) in [7, 11) is 4.11. The molecule has 144 valence electrons. The van der Waals surface area contributed by atoms with Crippen LogP contribution in [-0.4, -0.2) is 63.9 Å². The molecule has 1 aliphatic rings. The van der Waals surface area contributed by atoms with E-state index >= 15 is 0 Å². The second-order valence-electron chi connectivity index (χ2n) is 7.46. The molecule has 0 spiro atoms. The Bertz CT molecular complexity index is 883. The van der Waals surface area contributed by atoms with Crippen molar-refractivity contribution < 1.29 is 4.79 Å². The van der Waals surface area contributed by atoms with Gasteiger partial charge >= 0.3 is 0 Å². The third-order valence-electron chi connectivity index (χ3n) is 5.41. The van der Waals surface area contributed by atoms with Gasteiger partial charge in [-0.2, -0.15) is 0 Å². The summed E-state index contributed by atoms with van der Waals surface area (Å²) in [5.74, 6) is -0.0459. The molecule has 0 bridgehead atoms. The van der Waals surface area contributed by atoms with Crippen molar-refractivity contribution >= 4 is 5.91 Å². The van der Waals surface area contributed by atoms with Crippen LogP contribution in [0.1, 0.15) is 34.1 Å². The van der Waals surface area contributed by atoms with Crippen molar-refractivity contribution in [2.24, 2.45) is 0 Å². The fraction of sp³-hybridized carbons (Fsp3) is 0.318. The van der Waals surface area contributed by atoms with E-state index in [4.69, 9.17) is 0 Å². The van der Waals surface area contributed by atoms with Crippen LogP contribution >= 0.6 is 0 Å². The molecule has 1 aromatic heterocycles. The van der Waals surface area contributed by atoms with Crippen LogP contribution < -0.4 is 0 Å². The van der Waals surface area contributed by atoms with Gasteiger partial charge in [0.05, 0.1) is 6.20 Å². The molecule has 6 heteroatoms. The van der Waals surface area contributed by atoms with E-state index in [0.717, 1.165) is 30.6 Å². The zero-order valence-corrected chi connectivity index (χ0v) is 16.3. The monoisotopic (exact) mass is 375 g/mol. The van der Waals surface area contributed by atoms with Crippen LogP contribution in [0.3, 0.4) is 0 Å². The lowest BCUT2D eigenvalue weighted by molar-refractivity contribution is 0.0777. The lowest BCUT2D eigenvalue weighted by Crippen LogP contribution is -2.34. The van der Waals surface area contributed by atoms with Crippen LogP contribution in [0.4, 0.5) is 0 Å². The van der Waals surface area contributed by atoms with E-state index in [1.807, 2.05) is 41.3 Å². The number of hydrogen-bond acceptors (Lipinski definition) is 4. The van der Waals surface area contributed by atoms with E-state index in [2.05, 4.69) is 53.6 Å². The first-order valence-corrected chi connectivity index (χ1v) is 9.61. The Morgan fingerprint density at radius 2 is 1.64 bits per heavy atom. The molecule has 0 N–H and O–H groups in total. The molecule has 0 radical (unpaired) electrons. The minimum atomic E-state index is -0.121. The maximum absolute atomic E-state index is 12.9. The summed E-state index contributed by atoms with van der Waals surface area (Å²) in [5.41, 5.74) is 2.61. The van der Waals surface area contributed by atoms with Crippen molar-refractivity contribution in [1.29, 1.82) is 0 Å². The van der Waals surface area contributed by atoms with Gasteiger partial charge in [-0.15, -0.1) is 5.10 Å². The smallest absolute Gasteiger partial charge is 0.276 e. The van der Waals surface area contributed by atoms with Gasteiger partial charge in [-0.3, -0.25) is 4.79 Å². The van der Waals surface area contributed by atoms with Gasteiger partial charge in [0, 0.05) is 19.1 Å². The minimum absolute atomic E-state index is 0.0459. The number of hydrogen-bond donors (Lipinski definition) is 0. The molecule has 0 saturated carbocycles. The van der Waals surface area contributed by atoms with Crippen molar-refractivity contribution in [1.82, 2.24) is 24.8 Å². The van der Waals surface area contributed by atoms with Gasteiger partial charge in [-0.25, -0.2) is 4.68 Å². The summed E-state index contributed by atoms with van der Waals surface area (Å²) in [6, 6.07) is 20.6. The van der Waals surface area contributed by atoms with E-state index in [-0.39, 0.29) is 11.9 Å². The highest BCUT2D eigenvalue weighted by Crippen LogP contribution is 2.26. The molecule has 1 unspecified atom stereocenters. The van der Waals surface area contributed by atoms with E-state index < -0.39 is 0 Å². The Morgan fingerprint density at radius 3 is 2.18 bits per heavy atom. The Labute approximate surface area is 165 Å². The van der Waals surface area contributed by atoms with Gasteiger partial charge in [-0.05, 0) is 31.6 Å². The fourth-order valence-electron chi connectivity index (χ4n) is 3.78. The number of amides is 1. The Kier molecular flexibility index (Phi) is 5.21. The van der Waals surface area contributed by atoms with Crippen LogP contribution in [0.5, 0.6) is 0 Å². The average molecular weight is 375 g/mol. The molecule has 2 aromatic carbocycles. The molecule has 28 heavy (non-hydrogen) atoms. The number of benzene rings is 2. The quantitative estimate of drug-likeness (QED) is 0.688. The predicted octanol–water partition coefficient (Wildman–Crippen LogP) is 2.69. The molecule has 1 fully saturated rings. The Balaban J connectivity index is 1.62. The number of nitrogens with zero attached hydrogens (tertiary/aromatic N) is 5. The molecule has 1 atom stereocenters. The van der Waals surface area contributed by atoms with Crippen LogP contribution in [0.25, 0.3) is 0 Å². The van der Waals surface area contributed by atoms with Crippen molar-refractivity contribution in [2.75, 3.05) is 27.2 Å². The van der Waals surface area contributed by atoms with Gasteiger partial charge in [0.15, 0.2) is 5.69 Å². The summed E-state index contributed by atoms with van der Waals surface area (Å²) in [6.45, 7) is 1.49. The summed E-state index contributed by atoms with van der Waals surface area (Å²) < 4.78 is 1.79. The van der Waals surface area contributed by atoms with Crippen molar-refractivity contribution in [2.45, 2.75) is 18.5 Å². The zero-order chi connectivity index (χ0) is 19.5. The highest BCUT2D eigenvalue weighted by atomic mass is 16.2. The van der Waals surface area contributed by atoms with Crippen LogP contribution in [0.2, 0.25) is 0 Å². The normalized spacial score (nSPS) is 16.9. The standard InChI is InChI=1S/C22H25N5O/c1-25(2)19-13-14-26(15-19)22(28)20-16-27(24-23-20)21(17-9-5-3-6-10-17)18-11-7-4-8-12-18/h3-12,16,19,21H,13-15H2,1-2H3. The molecule has 2 heterocycles. The summed E-state index contributed by atoms with van der Waals surface area (Å²) in [6.07, 6.45) is 2.76. The molecule has 3 aromatic rings. The SMILES string of the molecule is CN(C)C1CCN(C(=O)c2cn(C(c3ccccc3)c3ccccc3)nn2)C1. The van der Waals surface area contributed by atoms with Crippen LogP contribution in [0.15, 0.2) is 66.9 Å². The molecule has 6 nitrogen and oxygen atoms in total. The minimum Gasteiger partial charge on any atom is -0.336 e. The van der Waals surface area contributed by atoms with Crippen molar-refractivity contribution in [3.8, 4) is 0 Å². The number of carbonyl (C=O) groups excluding carboxylic acids is 1. The van der Waals surface area contributed by atoms with Gasteiger partial charge in [0.2, 0.25) is 0 Å². The van der Waals surface area contributed by atoms with Gasteiger partial charge < -0.3 is 9.80 Å². The molecule has 4 rings (SSSR count). The van der Waals surface area contributed by atoms with E-state index in [1.54, 1.807) is 10.9 Å². The van der Waals surface area contributed by atoms with Crippen LogP contribution in [-0.2, 0) is 0 Å². The van der Waals surface area contributed by atoms with Gasteiger partial charge in [-0.1, -0.05) is 65.9 Å². The summed E-state index contributed by atoms with van der Waals surface area (Å²) >= 11 is 0. The molecular formula is C22H25N5O. The second kappa shape index (κ2) is 7.94. The molecule has 0 aliphatic carbocycles. The van der Waals surface area contributed by atoms with E-state index in [0.29, 0.717) is 11.7 Å². The fourth-order valence-corrected chi connectivity index (χ4v) is 3.78. The highest BCUT2D eigenvalue weighted by Gasteiger charge is 2.30. The molecule has 1 aliphatic heterocycles. The number of rotatable bonds is 5. The third-order valence-corrected chi connectivity index (χ3v) is 5.41. The first kappa shape index (κ1) is 18.4. The van der Waals surface area contributed by atoms with Crippen molar-refractivity contribution in [3.05, 3.63) is 83.7 Å². The zero-order valence-electron chi connectivity index (χ0n) is 16.3. The number of likely N-dealkylation sites (N-methyl/N-ethyl adjacent to an activating group) is 1. The summed E-state index contributed by atoms with van der Waals surface area (Å²) in [5, 5.41) is 8.54. The highest BCUT2D eigenvalue weighted by molar-refractivity contribution is 5.92. The van der Waals surface area contributed by atoms with Crippen molar-refractivity contribution in [3.63, 3.8) is 0 Å². The van der Waals surface area contributed by atoms with Gasteiger partial charge in [0.1, 0.15) is 6.04 Å². The third kappa shape index (κ3) is 3.68. The average Bonchev–Trinajstić information content (AvgIpc) is 3.40. The Hall–Kier alpha value is -2.99. The number of carbonyl (C=O) groups is 1. The van der Waals surface area contributed by atoms with E-state index in [1.165, 1.54) is 0 Å². The van der Waals surface area contributed by atoms with Gasteiger partial charge in [0.25, 0.3) is 5.91 Å². The molecule has 1 saturated heterocycles. The summed E-state index contributed by atoms with van der Waals surface area (Å²) in [4.78, 5) is 17.0. The molecular weight excluding hydrogens is 350 g/mol. The second-order valence-corrected chi connectivity index (χ2v) is 7.46. The predicted molar refractivity (Wildman–Crippen MR) is 108 cm³/mol. The first-order chi connectivity index (χ1) is 13.6. The lowest BCUT2D eigenvalue weighted by atomic mass is 9.99. The molecule has 1 amide bonds. The van der Waals surface area contributed by atoms with Crippen LogP contribution in [0, 0.1) is 0 Å². The number of likely N-dealkylation sites (tertiary alicyclic amines) is 1. The topological polar surface area (TPSA) is 54.3 Å². The van der Waals surface area contributed by atoms with E-state index in [9.17, 15) is 4.79 Å². The lowest BCUT2D eigenvalue weighted by Gasteiger charge is -2.20. The first-order valence-electron chi connectivity index (χ1n) is 9.61. The number of aromatic nitrogens is 3. The Morgan fingerprint density at radius 1 is 1.04 bits per heavy atom.